The second kappa shape index (κ2) is 5.78. The lowest BCUT2D eigenvalue weighted by molar-refractivity contribution is -0.160. The molecule has 1 saturated heterocycles. The molecular formula is C19H30N2O2. The van der Waals surface area contributed by atoms with Crippen LogP contribution in [0.3, 0.4) is 0 Å². The Kier molecular flexibility index (Phi) is 3.89. The smallest absolute Gasteiger partial charge is 0.242 e. The molecule has 23 heavy (non-hydrogen) atoms. The number of rotatable bonds is 4. The second-order valence-corrected chi connectivity index (χ2v) is 8.65. The van der Waals surface area contributed by atoms with Crippen LogP contribution in [0.2, 0.25) is 0 Å². The molecule has 1 aliphatic heterocycles. The molecule has 1 unspecified atom stereocenters. The summed E-state index contributed by atoms with van der Waals surface area (Å²) in [5, 5.41) is 3.00. The molecule has 2 amide bonds. The van der Waals surface area contributed by atoms with Gasteiger partial charge in [-0.2, -0.15) is 0 Å². The number of likely N-dealkylation sites (tertiary alicyclic amines) is 1. The zero-order valence-electron chi connectivity index (χ0n) is 14.4. The summed E-state index contributed by atoms with van der Waals surface area (Å²) in [5.74, 6) is 2.73. The summed E-state index contributed by atoms with van der Waals surface area (Å²) in [6.07, 6.45) is 10.1. The Labute approximate surface area is 139 Å². The van der Waals surface area contributed by atoms with Gasteiger partial charge in [0.2, 0.25) is 11.8 Å². The fourth-order valence-corrected chi connectivity index (χ4v) is 6.33. The molecule has 1 atom stereocenters. The van der Waals surface area contributed by atoms with E-state index in [1.165, 1.54) is 19.3 Å². The largest absolute Gasteiger partial charge is 0.354 e. The minimum absolute atomic E-state index is 0.0717. The van der Waals surface area contributed by atoms with Crippen LogP contribution in [-0.4, -0.2) is 35.8 Å². The number of hydrogen-bond acceptors (Lipinski definition) is 2. The molecule has 0 aromatic heterocycles. The second-order valence-electron chi connectivity index (χ2n) is 8.65. The fraction of sp³-hybridized carbons (Fsp3) is 0.895. The summed E-state index contributed by atoms with van der Waals surface area (Å²) in [4.78, 5) is 27.8. The van der Waals surface area contributed by atoms with Gasteiger partial charge < -0.3 is 10.2 Å². The Balaban J connectivity index is 1.51. The molecule has 1 N–H and O–H groups in total. The quantitative estimate of drug-likeness (QED) is 0.866. The molecule has 4 nitrogen and oxygen atoms in total. The number of carbonyl (C=O) groups excluding carboxylic acids is 2. The van der Waals surface area contributed by atoms with Crippen LogP contribution in [0.4, 0.5) is 0 Å². The van der Waals surface area contributed by atoms with E-state index in [0.717, 1.165) is 62.8 Å². The Morgan fingerprint density at radius 3 is 2.26 bits per heavy atom. The summed E-state index contributed by atoms with van der Waals surface area (Å²) in [7, 11) is 0. The molecule has 5 fully saturated rings. The van der Waals surface area contributed by atoms with Crippen LogP contribution in [0.1, 0.15) is 64.7 Å². The molecule has 0 radical (unpaired) electrons. The molecule has 0 aromatic rings. The molecule has 5 rings (SSSR count). The highest BCUT2D eigenvalue weighted by molar-refractivity contribution is 5.91. The standard InChI is InChI=1S/C19H30N2O2/c1-2-5-20-17(22)16-4-3-6-21(16)18(23)19-10-13-7-14(11-19)9-15(8-13)12-19/h13-16H,2-12H2,1H3,(H,20,22). The highest BCUT2D eigenvalue weighted by atomic mass is 16.2. The van der Waals surface area contributed by atoms with Gasteiger partial charge in [-0.05, 0) is 75.5 Å². The average molecular weight is 318 g/mol. The lowest BCUT2D eigenvalue weighted by atomic mass is 9.49. The van der Waals surface area contributed by atoms with Crippen molar-refractivity contribution in [2.75, 3.05) is 13.1 Å². The number of nitrogens with zero attached hydrogens (tertiary/aromatic N) is 1. The maximum Gasteiger partial charge on any atom is 0.242 e. The first kappa shape index (κ1) is 15.5. The van der Waals surface area contributed by atoms with Crippen molar-refractivity contribution in [3.63, 3.8) is 0 Å². The molecular weight excluding hydrogens is 288 g/mol. The van der Waals surface area contributed by atoms with Crippen LogP contribution in [0, 0.1) is 23.2 Å². The third-order valence-corrected chi connectivity index (χ3v) is 6.86. The van der Waals surface area contributed by atoms with E-state index in [1.807, 2.05) is 4.90 Å². The van der Waals surface area contributed by atoms with Gasteiger partial charge in [-0.3, -0.25) is 9.59 Å². The van der Waals surface area contributed by atoms with Crippen LogP contribution in [-0.2, 0) is 9.59 Å². The maximum atomic E-state index is 13.4. The zero-order chi connectivity index (χ0) is 16.0. The number of amides is 2. The lowest BCUT2D eigenvalue weighted by Crippen LogP contribution is -2.57. The molecule has 4 aliphatic carbocycles. The van der Waals surface area contributed by atoms with Crippen molar-refractivity contribution in [3.8, 4) is 0 Å². The molecule has 4 saturated carbocycles. The number of nitrogens with one attached hydrogen (secondary N) is 1. The molecule has 0 spiro atoms. The predicted octanol–water partition coefficient (Wildman–Crippen LogP) is 2.72. The third-order valence-electron chi connectivity index (χ3n) is 6.86. The predicted molar refractivity (Wildman–Crippen MR) is 88.6 cm³/mol. The summed E-state index contributed by atoms with van der Waals surface area (Å²) in [6.45, 7) is 3.56. The van der Waals surface area contributed by atoms with Crippen LogP contribution in [0.5, 0.6) is 0 Å². The summed E-state index contributed by atoms with van der Waals surface area (Å²) < 4.78 is 0. The third kappa shape index (κ3) is 2.58. The topological polar surface area (TPSA) is 49.4 Å². The minimum atomic E-state index is -0.206. The van der Waals surface area contributed by atoms with Crippen molar-refractivity contribution in [1.82, 2.24) is 10.2 Å². The van der Waals surface area contributed by atoms with E-state index in [9.17, 15) is 9.59 Å². The van der Waals surface area contributed by atoms with Gasteiger partial charge in [0, 0.05) is 13.1 Å². The van der Waals surface area contributed by atoms with Gasteiger partial charge in [-0.15, -0.1) is 0 Å². The normalized spacial score (nSPS) is 41.3. The van der Waals surface area contributed by atoms with Gasteiger partial charge in [0.25, 0.3) is 0 Å². The molecule has 128 valence electrons. The van der Waals surface area contributed by atoms with Gasteiger partial charge in [0.05, 0.1) is 5.41 Å². The van der Waals surface area contributed by atoms with E-state index in [0.29, 0.717) is 12.5 Å². The van der Waals surface area contributed by atoms with E-state index in [1.54, 1.807) is 0 Å². The monoisotopic (exact) mass is 318 g/mol. The van der Waals surface area contributed by atoms with Crippen LogP contribution < -0.4 is 5.32 Å². The molecule has 5 aliphatic rings. The van der Waals surface area contributed by atoms with E-state index < -0.39 is 0 Å². The van der Waals surface area contributed by atoms with Crippen molar-refractivity contribution in [2.24, 2.45) is 23.2 Å². The summed E-state index contributed by atoms with van der Waals surface area (Å²) in [5.41, 5.74) is -0.109. The van der Waals surface area contributed by atoms with Gasteiger partial charge >= 0.3 is 0 Å². The van der Waals surface area contributed by atoms with Crippen molar-refractivity contribution in [1.29, 1.82) is 0 Å². The first-order valence-electron chi connectivity index (χ1n) is 9.70. The summed E-state index contributed by atoms with van der Waals surface area (Å²) >= 11 is 0. The first-order valence-corrected chi connectivity index (χ1v) is 9.70. The van der Waals surface area contributed by atoms with Crippen LogP contribution in [0.15, 0.2) is 0 Å². The molecule has 1 heterocycles. The van der Waals surface area contributed by atoms with Gasteiger partial charge in [-0.25, -0.2) is 0 Å². The Bertz CT molecular complexity index is 466. The van der Waals surface area contributed by atoms with Crippen molar-refractivity contribution < 1.29 is 9.59 Å². The van der Waals surface area contributed by atoms with Crippen LogP contribution >= 0.6 is 0 Å². The average Bonchev–Trinajstić information content (AvgIpc) is 3.00. The highest BCUT2D eigenvalue weighted by Crippen LogP contribution is 2.60. The SMILES string of the molecule is CCCNC(=O)C1CCCN1C(=O)C12CC3CC(CC(C3)C1)C2. The maximum absolute atomic E-state index is 13.4. The zero-order valence-corrected chi connectivity index (χ0v) is 14.4. The van der Waals surface area contributed by atoms with Crippen LogP contribution in [0.25, 0.3) is 0 Å². The number of carbonyl (C=O) groups is 2. The fourth-order valence-electron chi connectivity index (χ4n) is 6.33. The Morgan fingerprint density at radius 1 is 1.09 bits per heavy atom. The Hall–Kier alpha value is -1.06. The van der Waals surface area contributed by atoms with Crippen molar-refractivity contribution in [2.45, 2.75) is 70.8 Å². The van der Waals surface area contributed by atoms with E-state index in [2.05, 4.69) is 12.2 Å². The number of hydrogen-bond donors (Lipinski definition) is 1. The molecule has 0 aromatic carbocycles. The molecule has 4 bridgehead atoms. The van der Waals surface area contributed by atoms with Gasteiger partial charge in [0.1, 0.15) is 6.04 Å². The molecule has 4 heteroatoms. The van der Waals surface area contributed by atoms with E-state index >= 15 is 0 Å². The van der Waals surface area contributed by atoms with E-state index in [4.69, 9.17) is 0 Å². The summed E-state index contributed by atoms with van der Waals surface area (Å²) in [6, 6.07) is -0.206. The highest BCUT2D eigenvalue weighted by Gasteiger charge is 2.56. The van der Waals surface area contributed by atoms with Gasteiger partial charge in [-0.1, -0.05) is 6.92 Å². The lowest BCUT2D eigenvalue weighted by Gasteiger charge is -2.56. The first-order chi connectivity index (χ1) is 11.1. The van der Waals surface area contributed by atoms with Crippen molar-refractivity contribution in [3.05, 3.63) is 0 Å². The van der Waals surface area contributed by atoms with E-state index in [-0.39, 0.29) is 17.4 Å². The minimum Gasteiger partial charge on any atom is -0.354 e. The van der Waals surface area contributed by atoms with Gasteiger partial charge in [0.15, 0.2) is 0 Å². The van der Waals surface area contributed by atoms with Crippen molar-refractivity contribution >= 4 is 11.8 Å². The Morgan fingerprint density at radius 2 is 1.70 bits per heavy atom.